The zero-order valence-electron chi connectivity index (χ0n) is 13.8. The highest BCUT2D eigenvalue weighted by molar-refractivity contribution is 5.93. The van der Waals surface area contributed by atoms with Crippen molar-refractivity contribution in [1.29, 1.82) is 0 Å². The number of nitrogens with zero attached hydrogens (tertiary/aromatic N) is 3. The number of hydrogen-bond acceptors (Lipinski definition) is 2. The molecule has 5 nitrogen and oxygen atoms in total. The number of piperidine rings is 1. The lowest BCUT2D eigenvalue weighted by molar-refractivity contribution is -0.138. The van der Waals surface area contributed by atoms with E-state index in [1.54, 1.807) is 0 Å². The molecule has 5 rings (SSSR count). The lowest BCUT2D eigenvalue weighted by Gasteiger charge is -2.36. The molecular formula is C18H25N3O2. The first-order valence-corrected chi connectivity index (χ1v) is 8.84. The van der Waals surface area contributed by atoms with Crippen LogP contribution >= 0.6 is 0 Å². The lowest BCUT2D eigenvalue weighted by Crippen LogP contribution is -2.48. The first-order valence-electron chi connectivity index (χ1n) is 8.84. The van der Waals surface area contributed by atoms with E-state index >= 15 is 0 Å². The van der Waals surface area contributed by atoms with Gasteiger partial charge in [0.05, 0.1) is 0 Å². The number of carbonyl (C=O) groups excluding carboxylic acids is 2. The van der Waals surface area contributed by atoms with Gasteiger partial charge in [-0.3, -0.25) is 9.59 Å². The van der Waals surface area contributed by atoms with Crippen molar-refractivity contribution < 1.29 is 9.59 Å². The van der Waals surface area contributed by atoms with Crippen LogP contribution in [0.5, 0.6) is 0 Å². The van der Waals surface area contributed by atoms with Crippen LogP contribution in [0.1, 0.15) is 42.6 Å². The average molecular weight is 315 g/mol. The molecule has 0 N–H and O–H groups in total. The quantitative estimate of drug-likeness (QED) is 0.836. The number of amides is 2. The summed E-state index contributed by atoms with van der Waals surface area (Å²) in [4.78, 5) is 29.6. The van der Waals surface area contributed by atoms with E-state index in [0.717, 1.165) is 51.0 Å². The van der Waals surface area contributed by atoms with Gasteiger partial charge in [0, 0.05) is 44.8 Å². The topological polar surface area (TPSA) is 45.6 Å². The second-order valence-electron chi connectivity index (χ2n) is 7.43. The van der Waals surface area contributed by atoms with E-state index in [9.17, 15) is 9.59 Å². The van der Waals surface area contributed by atoms with Crippen molar-refractivity contribution in [2.45, 2.75) is 38.1 Å². The lowest BCUT2D eigenvalue weighted by atomic mass is 9.84. The van der Waals surface area contributed by atoms with Crippen molar-refractivity contribution >= 4 is 11.8 Å². The fraction of sp³-hybridized carbons (Fsp3) is 0.667. The van der Waals surface area contributed by atoms with E-state index in [1.165, 1.54) is 6.42 Å². The molecule has 0 spiro atoms. The standard InChI is InChI=1S/C18H25N3O2/c1-19-9-3-6-16(19)18(23)21-11-13-7-8-15(21)12-20(10-13)17(22)14-4-2-5-14/h3,6,9,13-15H,2,4-5,7-8,10-12H2,1H3/t13-,15+/m0/s1. The van der Waals surface area contributed by atoms with Crippen molar-refractivity contribution in [2.75, 3.05) is 19.6 Å². The summed E-state index contributed by atoms with van der Waals surface area (Å²) in [6.07, 6.45) is 7.36. The van der Waals surface area contributed by atoms with Crippen molar-refractivity contribution in [2.24, 2.45) is 18.9 Å². The summed E-state index contributed by atoms with van der Waals surface area (Å²) in [7, 11) is 1.91. The second-order valence-corrected chi connectivity index (χ2v) is 7.43. The summed E-state index contributed by atoms with van der Waals surface area (Å²) in [5.41, 5.74) is 0.745. The Morgan fingerprint density at radius 1 is 1.09 bits per heavy atom. The molecule has 2 bridgehead atoms. The van der Waals surface area contributed by atoms with Crippen LogP contribution in [0.25, 0.3) is 0 Å². The predicted octanol–water partition coefficient (Wildman–Crippen LogP) is 1.89. The van der Waals surface area contributed by atoms with Gasteiger partial charge in [0.1, 0.15) is 5.69 Å². The van der Waals surface area contributed by atoms with E-state index in [4.69, 9.17) is 0 Å². The molecule has 2 atom stereocenters. The van der Waals surface area contributed by atoms with E-state index in [0.29, 0.717) is 11.8 Å². The van der Waals surface area contributed by atoms with E-state index in [2.05, 4.69) is 4.90 Å². The summed E-state index contributed by atoms with van der Waals surface area (Å²) < 4.78 is 1.89. The average Bonchev–Trinajstić information content (AvgIpc) is 2.72. The molecule has 4 aliphatic rings. The highest BCUT2D eigenvalue weighted by atomic mass is 16.2. The largest absolute Gasteiger partial charge is 0.347 e. The Morgan fingerprint density at radius 3 is 2.57 bits per heavy atom. The molecule has 23 heavy (non-hydrogen) atoms. The number of aromatic nitrogens is 1. The minimum Gasteiger partial charge on any atom is -0.347 e. The van der Waals surface area contributed by atoms with Gasteiger partial charge in [0.25, 0.3) is 5.91 Å². The predicted molar refractivity (Wildman–Crippen MR) is 86.9 cm³/mol. The molecule has 1 aromatic heterocycles. The monoisotopic (exact) mass is 315 g/mol. The van der Waals surface area contributed by atoms with Crippen LogP contribution in [0.3, 0.4) is 0 Å². The van der Waals surface area contributed by atoms with Crippen molar-refractivity contribution in [3.63, 3.8) is 0 Å². The Hall–Kier alpha value is -1.78. The van der Waals surface area contributed by atoms with Gasteiger partial charge in [-0.05, 0) is 43.7 Å². The minimum atomic E-state index is 0.116. The Balaban J connectivity index is 1.52. The van der Waals surface area contributed by atoms with Gasteiger partial charge >= 0.3 is 0 Å². The third-order valence-electron chi connectivity index (χ3n) is 5.90. The van der Waals surface area contributed by atoms with Crippen LogP contribution in [0.2, 0.25) is 0 Å². The van der Waals surface area contributed by atoms with Gasteiger partial charge < -0.3 is 14.4 Å². The number of hydrogen-bond donors (Lipinski definition) is 0. The van der Waals surface area contributed by atoms with Gasteiger partial charge in [0.2, 0.25) is 5.91 Å². The summed E-state index contributed by atoms with van der Waals surface area (Å²) in [6, 6.07) is 3.98. The van der Waals surface area contributed by atoms with Gasteiger partial charge in [-0.1, -0.05) is 6.42 Å². The second kappa shape index (κ2) is 5.69. The van der Waals surface area contributed by atoms with Crippen molar-refractivity contribution in [1.82, 2.24) is 14.4 Å². The molecule has 124 valence electrons. The van der Waals surface area contributed by atoms with Gasteiger partial charge in [-0.25, -0.2) is 0 Å². The van der Waals surface area contributed by atoms with Crippen molar-refractivity contribution in [3.05, 3.63) is 24.0 Å². The molecule has 1 saturated carbocycles. The molecule has 0 aromatic carbocycles. The van der Waals surface area contributed by atoms with Crippen LogP contribution in [0, 0.1) is 11.8 Å². The first-order chi connectivity index (χ1) is 11.1. The van der Waals surface area contributed by atoms with Crippen LogP contribution in [-0.2, 0) is 11.8 Å². The first kappa shape index (κ1) is 14.8. The number of carbonyl (C=O) groups is 2. The summed E-state index contributed by atoms with van der Waals surface area (Å²) in [5.74, 6) is 1.14. The molecule has 0 radical (unpaired) electrons. The zero-order valence-corrected chi connectivity index (χ0v) is 13.8. The maximum atomic E-state index is 12.9. The minimum absolute atomic E-state index is 0.116. The number of fused-ring (bicyclic) bond motifs is 4. The van der Waals surface area contributed by atoms with Gasteiger partial charge in [-0.2, -0.15) is 0 Å². The van der Waals surface area contributed by atoms with Gasteiger partial charge in [0.15, 0.2) is 0 Å². The molecule has 5 heteroatoms. The summed E-state index contributed by atoms with van der Waals surface area (Å²) in [6.45, 7) is 2.36. The number of rotatable bonds is 2. The fourth-order valence-corrected chi connectivity index (χ4v) is 4.25. The third-order valence-corrected chi connectivity index (χ3v) is 5.90. The number of aryl methyl sites for hydroxylation is 1. The highest BCUT2D eigenvalue weighted by Gasteiger charge is 2.41. The molecule has 4 fully saturated rings. The van der Waals surface area contributed by atoms with Crippen LogP contribution in [-0.4, -0.2) is 51.9 Å². The molecular weight excluding hydrogens is 290 g/mol. The molecule has 3 aliphatic heterocycles. The molecule has 3 saturated heterocycles. The molecule has 2 amide bonds. The third kappa shape index (κ3) is 2.56. The van der Waals surface area contributed by atoms with E-state index in [-0.39, 0.29) is 17.9 Å². The molecule has 1 aliphatic carbocycles. The van der Waals surface area contributed by atoms with Crippen molar-refractivity contribution in [3.8, 4) is 0 Å². The smallest absolute Gasteiger partial charge is 0.270 e. The molecule has 0 unspecified atom stereocenters. The Bertz CT molecular complexity index is 620. The maximum Gasteiger partial charge on any atom is 0.270 e. The van der Waals surface area contributed by atoms with Crippen LogP contribution < -0.4 is 0 Å². The molecule has 1 aromatic rings. The maximum absolute atomic E-state index is 12.9. The van der Waals surface area contributed by atoms with Crippen LogP contribution in [0.15, 0.2) is 18.3 Å². The SMILES string of the molecule is Cn1cccc1C(=O)N1C[C@H]2CC[C@@H]1CN(C(=O)C1CCC1)C2. The Kier molecular flexibility index (Phi) is 3.66. The van der Waals surface area contributed by atoms with E-state index in [1.807, 2.05) is 34.8 Å². The Morgan fingerprint density at radius 2 is 1.91 bits per heavy atom. The van der Waals surface area contributed by atoms with E-state index < -0.39 is 0 Å². The normalized spacial score (nSPS) is 27.7. The summed E-state index contributed by atoms with van der Waals surface area (Å²) >= 11 is 0. The fourth-order valence-electron chi connectivity index (χ4n) is 4.25. The highest BCUT2D eigenvalue weighted by Crippen LogP contribution is 2.33. The van der Waals surface area contributed by atoms with Crippen LogP contribution in [0.4, 0.5) is 0 Å². The summed E-state index contributed by atoms with van der Waals surface area (Å²) in [5, 5.41) is 0. The van der Waals surface area contributed by atoms with Gasteiger partial charge in [-0.15, -0.1) is 0 Å². The molecule has 4 heterocycles. The zero-order chi connectivity index (χ0) is 16.0. The Labute approximate surface area is 137 Å².